The highest BCUT2D eigenvalue weighted by molar-refractivity contribution is 7.98. The number of carbonyl (C=O) groups excluding carboxylic acids is 1. The van der Waals surface area contributed by atoms with Crippen LogP contribution >= 0.6 is 11.8 Å². The van der Waals surface area contributed by atoms with Gasteiger partial charge < -0.3 is 5.32 Å². The molecule has 0 saturated heterocycles. The molecule has 130 valence electrons. The number of carbonyl (C=O) groups is 1. The standard InChI is InChI=1S/C21H24N2OS/c1-15(2)12-20(21(24)23-11-10-22)18-8-4-6-16(13-18)17-7-5-9-19(14-17)25-3/h4-9,13-15,20H,11-12H2,1-3H3,(H,23,24). The lowest BCUT2D eigenvalue weighted by atomic mass is 9.88. The number of amides is 1. The van der Waals surface area contributed by atoms with Gasteiger partial charge in [0.2, 0.25) is 5.91 Å². The Labute approximate surface area is 154 Å². The normalized spacial score (nSPS) is 11.8. The molecule has 2 aromatic carbocycles. The maximum atomic E-state index is 12.5. The van der Waals surface area contributed by atoms with Crippen LogP contribution in [-0.4, -0.2) is 18.7 Å². The SMILES string of the molecule is CSc1cccc(-c2cccc(C(CC(C)C)C(=O)NCC#N)c2)c1. The molecule has 0 aliphatic carbocycles. The molecule has 0 bridgehead atoms. The molecule has 4 heteroatoms. The molecule has 3 nitrogen and oxygen atoms in total. The van der Waals surface area contributed by atoms with Crippen LogP contribution in [0.2, 0.25) is 0 Å². The molecule has 0 radical (unpaired) electrons. The first-order valence-corrected chi connectivity index (χ1v) is 9.66. The van der Waals surface area contributed by atoms with E-state index in [9.17, 15) is 4.79 Å². The summed E-state index contributed by atoms with van der Waals surface area (Å²) in [6.07, 6.45) is 2.82. The first kappa shape index (κ1) is 19.1. The van der Waals surface area contributed by atoms with E-state index < -0.39 is 0 Å². The fourth-order valence-corrected chi connectivity index (χ4v) is 3.31. The van der Waals surface area contributed by atoms with E-state index in [4.69, 9.17) is 5.26 Å². The molecule has 2 aromatic rings. The molecule has 0 heterocycles. The Morgan fingerprint density at radius 2 is 1.84 bits per heavy atom. The van der Waals surface area contributed by atoms with Gasteiger partial charge in [-0.15, -0.1) is 11.8 Å². The lowest BCUT2D eigenvalue weighted by Gasteiger charge is -2.19. The van der Waals surface area contributed by atoms with Crippen LogP contribution in [0, 0.1) is 17.2 Å². The van der Waals surface area contributed by atoms with E-state index in [1.807, 2.05) is 18.2 Å². The third-order valence-electron chi connectivity index (χ3n) is 4.06. The summed E-state index contributed by atoms with van der Waals surface area (Å²) >= 11 is 1.72. The first-order valence-electron chi connectivity index (χ1n) is 8.44. The molecular formula is C21H24N2OS. The summed E-state index contributed by atoms with van der Waals surface area (Å²) in [5.41, 5.74) is 3.25. The number of hydrogen-bond acceptors (Lipinski definition) is 3. The van der Waals surface area contributed by atoms with Gasteiger partial charge in [-0.05, 0) is 47.4 Å². The zero-order valence-electron chi connectivity index (χ0n) is 15.0. The molecule has 0 aliphatic rings. The summed E-state index contributed by atoms with van der Waals surface area (Å²) in [6, 6.07) is 18.5. The molecule has 1 atom stereocenters. The minimum Gasteiger partial charge on any atom is -0.342 e. The van der Waals surface area contributed by atoms with Gasteiger partial charge in [-0.25, -0.2) is 0 Å². The van der Waals surface area contributed by atoms with Crippen LogP contribution in [0.5, 0.6) is 0 Å². The van der Waals surface area contributed by atoms with Gasteiger partial charge in [0.15, 0.2) is 0 Å². The van der Waals surface area contributed by atoms with Crippen molar-refractivity contribution in [2.45, 2.75) is 31.1 Å². The Morgan fingerprint density at radius 1 is 1.16 bits per heavy atom. The summed E-state index contributed by atoms with van der Waals surface area (Å²) in [6.45, 7) is 4.26. The summed E-state index contributed by atoms with van der Waals surface area (Å²) in [5, 5.41) is 11.4. The minimum absolute atomic E-state index is 0.0445. The third kappa shape index (κ3) is 5.37. The minimum atomic E-state index is -0.239. The molecule has 1 N–H and O–H groups in total. The molecule has 0 aliphatic heterocycles. The van der Waals surface area contributed by atoms with Crippen molar-refractivity contribution >= 4 is 17.7 Å². The summed E-state index contributed by atoms with van der Waals surface area (Å²) in [5.74, 6) is 0.0728. The van der Waals surface area contributed by atoms with Gasteiger partial charge in [0, 0.05) is 4.90 Å². The largest absolute Gasteiger partial charge is 0.342 e. The highest BCUT2D eigenvalue weighted by atomic mass is 32.2. The first-order chi connectivity index (χ1) is 12.0. The van der Waals surface area contributed by atoms with E-state index in [1.54, 1.807) is 11.8 Å². The van der Waals surface area contributed by atoms with Gasteiger partial charge in [0.05, 0.1) is 12.0 Å². The van der Waals surface area contributed by atoms with Gasteiger partial charge >= 0.3 is 0 Å². The molecule has 0 saturated carbocycles. The Hall–Kier alpha value is -2.25. The van der Waals surface area contributed by atoms with Crippen molar-refractivity contribution in [2.75, 3.05) is 12.8 Å². The molecule has 1 unspecified atom stereocenters. The summed E-state index contributed by atoms with van der Waals surface area (Å²) in [7, 11) is 0. The molecule has 1 amide bonds. The molecule has 2 rings (SSSR count). The zero-order valence-corrected chi connectivity index (χ0v) is 15.8. The fraction of sp³-hybridized carbons (Fsp3) is 0.333. The Morgan fingerprint density at radius 3 is 2.48 bits per heavy atom. The molecular weight excluding hydrogens is 328 g/mol. The lowest BCUT2D eigenvalue weighted by molar-refractivity contribution is -0.122. The van der Waals surface area contributed by atoms with E-state index in [1.165, 1.54) is 4.90 Å². The smallest absolute Gasteiger partial charge is 0.228 e. The Balaban J connectivity index is 2.35. The van der Waals surface area contributed by atoms with Crippen LogP contribution in [0.15, 0.2) is 53.4 Å². The number of nitrogens with one attached hydrogen (secondary N) is 1. The Kier molecular flexibility index (Phi) is 7.09. The third-order valence-corrected chi connectivity index (χ3v) is 4.78. The van der Waals surface area contributed by atoms with Gasteiger partial charge in [-0.2, -0.15) is 5.26 Å². The highest BCUT2D eigenvalue weighted by Crippen LogP contribution is 2.30. The predicted octanol–water partition coefficient (Wildman–Crippen LogP) is 4.84. The molecule has 0 fully saturated rings. The van der Waals surface area contributed by atoms with Crippen molar-refractivity contribution in [1.82, 2.24) is 5.32 Å². The molecule has 25 heavy (non-hydrogen) atoms. The van der Waals surface area contributed by atoms with Gasteiger partial charge in [0.1, 0.15) is 6.54 Å². The van der Waals surface area contributed by atoms with Gasteiger partial charge in [0.25, 0.3) is 0 Å². The van der Waals surface area contributed by atoms with Crippen LogP contribution in [0.3, 0.4) is 0 Å². The second-order valence-corrected chi connectivity index (χ2v) is 7.30. The van der Waals surface area contributed by atoms with Crippen LogP contribution in [0.1, 0.15) is 31.7 Å². The monoisotopic (exact) mass is 352 g/mol. The second-order valence-electron chi connectivity index (χ2n) is 6.42. The summed E-state index contributed by atoms with van der Waals surface area (Å²) in [4.78, 5) is 13.7. The second kappa shape index (κ2) is 9.29. The number of nitrogens with zero attached hydrogens (tertiary/aromatic N) is 1. The van der Waals surface area contributed by atoms with E-state index >= 15 is 0 Å². The van der Waals surface area contributed by atoms with Crippen molar-refractivity contribution in [3.8, 4) is 17.2 Å². The maximum Gasteiger partial charge on any atom is 0.228 e. The lowest BCUT2D eigenvalue weighted by Crippen LogP contribution is -2.30. The number of benzene rings is 2. The van der Waals surface area contributed by atoms with Gasteiger partial charge in [-0.3, -0.25) is 4.79 Å². The number of thioether (sulfide) groups is 1. The van der Waals surface area contributed by atoms with Crippen molar-refractivity contribution in [3.63, 3.8) is 0 Å². The number of rotatable bonds is 7. The molecule has 0 aromatic heterocycles. The van der Waals surface area contributed by atoms with E-state index in [0.29, 0.717) is 5.92 Å². The number of nitriles is 1. The fourth-order valence-electron chi connectivity index (χ4n) is 2.85. The quantitative estimate of drug-likeness (QED) is 0.573. The average molecular weight is 353 g/mol. The average Bonchev–Trinajstić information content (AvgIpc) is 2.64. The molecule has 0 spiro atoms. The van der Waals surface area contributed by atoms with Crippen molar-refractivity contribution in [3.05, 3.63) is 54.1 Å². The van der Waals surface area contributed by atoms with Gasteiger partial charge in [-0.1, -0.05) is 50.2 Å². The Bertz CT molecular complexity index is 764. The maximum absolute atomic E-state index is 12.5. The van der Waals surface area contributed by atoms with Crippen molar-refractivity contribution in [1.29, 1.82) is 5.26 Å². The zero-order chi connectivity index (χ0) is 18.2. The van der Waals surface area contributed by atoms with Crippen LogP contribution in [0.25, 0.3) is 11.1 Å². The van der Waals surface area contributed by atoms with Crippen molar-refractivity contribution in [2.24, 2.45) is 5.92 Å². The predicted molar refractivity (Wildman–Crippen MR) is 104 cm³/mol. The van der Waals surface area contributed by atoms with Crippen molar-refractivity contribution < 1.29 is 4.79 Å². The van der Waals surface area contributed by atoms with Crippen LogP contribution in [0.4, 0.5) is 0 Å². The van der Waals surface area contributed by atoms with Crippen LogP contribution < -0.4 is 5.32 Å². The highest BCUT2D eigenvalue weighted by Gasteiger charge is 2.22. The summed E-state index contributed by atoms with van der Waals surface area (Å²) < 4.78 is 0. The topological polar surface area (TPSA) is 52.9 Å². The van der Waals surface area contributed by atoms with E-state index in [-0.39, 0.29) is 18.4 Å². The van der Waals surface area contributed by atoms with Crippen LogP contribution in [-0.2, 0) is 4.79 Å². The van der Waals surface area contributed by atoms with E-state index in [0.717, 1.165) is 23.1 Å². The number of hydrogen-bond donors (Lipinski definition) is 1. The van der Waals surface area contributed by atoms with E-state index in [2.05, 4.69) is 61.8 Å².